The number of carbonyl (C=O) groups excluding carboxylic acids is 2. The van der Waals surface area contributed by atoms with Crippen LogP contribution in [0.3, 0.4) is 0 Å². The van der Waals surface area contributed by atoms with E-state index < -0.39 is 12.1 Å². The number of fused-ring (bicyclic) bond motifs is 1. The summed E-state index contributed by atoms with van der Waals surface area (Å²) in [5.74, 6) is -0.764. The van der Waals surface area contributed by atoms with Gasteiger partial charge in [0.2, 0.25) is 5.91 Å². The minimum Gasteiger partial charge on any atom is -0.461 e. The highest BCUT2D eigenvalue weighted by molar-refractivity contribution is 5.92. The summed E-state index contributed by atoms with van der Waals surface area (Å²) in [4.78, 5) is 25.2. The fourth-order valence-electron chi connectivity index (χ4n) is 2.83. The van der Waals surface area contributed by atoms with Gasteiger partial charge in [-0.1, -0.05) is 0 Å². The molecule has 0 bridgehead atoms. The Morgan fingerprint density at radius 1 is 1.41 bits per heavy atom. The van der Waals surface area contributed by atoms with Crippen molar-refractivity contribution in [2.45, 2.75) is 57.9 Å². The van der Waals surface area contributed by atoms with Gasteiger partial charge in [-0.2, -0.15) is 0 Å². The van der Waals surface area contributed by atoms with Crippen molar-refractivity contribution in [2.75, 3.05) is 0 Å². The minimum absolute atomic E-state index is 0.0206. The molecule has 0 spiro atoms. The summed E-state index contributed by atoms with van der Waals surface area (Å²) in [6.45, 7) is 5.21. The summed E-state index contributed by atoms with van der Waals surface area (Å²) in [5.41, 5.74) is 0. The number of amides is 1. The predicted octanol–water partition coefficient (Wildman–Crippen LogP) is 0.308. The molecule has 5 nitrogen and oxygen atoms in total. The zero-order valence-electron chi connectivity index (χ0n) is 10.4. The molecule has 2 aliphatic heterocycles. The number of esters is 1. The molecule has 4 atom stereocenters. The van der Waals surface area contributed by atoms with Gasteiger partial charge in [-0.25, -0.2) is 4.79 Å². The lowest BCUT2D eigenvalue weighted by atomic mass is 9.84. The molecule has 0 radical (unpaired) electrons. The molecule has 17 heavy (non-hydrogen) atoms. The fourth-order valence-corrected chi connectivity index (χ4v) is 2.83. The predicted molar refractivity (Wildman–Crippen MR) is 60.1 cm³/mol. The third-order valence-corrected chi connectivity index (χ3v) is 3.53. The van der Waals surface area contributed by atoms with Crippen molar-refractivity contribution in [3.63, 3.8) is 0 Å². The second-order valence-corrected chi connectivity index (χ2v) is 5.16. The van der Waals surface area contributed by atoms with Crippen molar-refractivity contribution in [1.29, 1.82) is 0 Å². The van der Waals surface area contributed by atoms with Crippen LogP contribution in [0.25, 0.3) is 0 Å². The van der Waals surface area contributed by atoms with E-state index in [0.29, 0.717) is 6.42 Å². The fraction of sp³-hybridized carbons (Fsp3) is 0.833. The number of hydrogen-bond acceptors (Lipinski definition) is 4. The lowest BCUT2D eigenvalue weighted by molar-refractivity contribution is -0.173. The molecule has 2 aliphatic rings. The van der Waals surface area contributed by atoms with Gasteiger partial charge in [0.05, 0.1) is 18.1 Å². The first-order valence-corrected chi connectivity index (χ1v) is 6.14. The maximum atomic E-state index is 11.8. The van der Waals surface area contributed by atoms with E-state index in [-0.39, 0.29) is 29.9 Å². The van der Waals surface area contributed by atoms with Crippen LogP contribution in [0.5, 0.6) is 0 Å². The molecule has 0 aromatic carbocycles. The molecule has 96 valence electrons. The molecular formula is C12H19NO4. The molecule has 1 amide bonds. The van der Waals surface area contributed by atoms with Crippen LogP contribution in [0.1, 0.15) is 33.6 Å². The third-order valence-electron chi connectivity index (χ3n) is 3.53. The van der Waals surface area contributed by atoms with Crippen LogP contribution >= 0.6 is 0 Å². The van der Waals surface area contributed by atoms with Gasteiger partial charge in [0.15, 0.2) is 0 Å². The molecule has 2 heterocycles. The highest BCUT2D eigenvalue weighted by Gasteiger charge is 2.57. The van der Waals surface area contributed by atoms with Gasteiger partial charge in [-0.3, -0.25) is 4.79 Å². The molecule has 0 unspecified atom stereocenters. The highest BCUT2D eigenvalue weighted by atomic mass is 16.5. The first kappa shape index (κ1) is 12.4. The van der Waals surface area contributed by atoms with E-state index in [9.17, 15) is 14.7 Å². The SMILES string of the molecule is CC(C)OC(=O)[C@@H]1CC[C@@H]2[C@@H]([C@@H](C)O)C(=O)N21. The van der Waals surface area contributed by atoms with Crippen LogP contribution in [0.4, 0.5) is 0 Å². The van der Waals surface area contributed by atoms with Crippen molar-refractivity contribution >= 4 is 11.9 Å². The molecule has 1 N–H and O–H groups in total. The molecule has 0 aliphatic carbocycles. The summed E-state index contributed by atoms with van der Waals surface area (Å²) in [5, 5.41) is 9.50. The second-order valence-electron chi connectivity index (χ2n) is 5.16. The monoisotopic (exact) mass is 241 g/mol. The first-order valence-electron chi connectivity index (χ1n) is 6.14. The van der Waals surface area contributed by atoms with Crippen LogP contribution in [-0.2, 0) is 14.3 Å². The van der Waals surface area contributed by atoms with Crippen LogP contribution < -0.4 is 0 Å². The van der Waals surface area contributed by atoms with E-state index in [1.54, 1.807) is 25.7 Å². The van der Waals surface area contributed by atoms with Crippen molar-refractivity contribution < 1.29 is 19.4 Å². The smallest absolute Gasteiger partial charge is 0.329 e. The average Bonchev–Trinajstić information content (AvgIpc) is 2.55. The Morgan fingerprint density at radius 2 is 2.06 bits per heavy atom. The zero-order chi connectivity index (χ0) is 12.7. The number of carbonyl (C=O) groups is 2. The number of hydrogen-bond donors (Lipinski definition) is 1. The van der Waals surface area contributed by atoms with Gasteiger partial charge in [-0.05, 0) is 33.6 Å². The molecule has 2 fully saturated rings. The van der Waals surface area contributed by atoms with E-state index >= 15 is 0 Å². The van der Waals surface area contributed by atoms with Gasteiger partial charge in [0.1, 0.15) is 6.04 Å². The van der Waals surface area contributed by atoms with Crippen LogP contribution in [-0.4, -0.2) is 46.2 Å². The maximum absolute atomic E-state index is 11.8. The molecule has 5 heteroatoms. The summed E-state index contributed by atoms with van der Waals surface area (Å²) < 4.78 is 5.14. The molecule has 0 aromatic rings. The van der Waals surface area contributed by atoms with Crippen molar-refractivity contribution in [3.05, 3.63) is 0 Å². The van der Waals surface area contributed by atoms with Crippen molar-refractivity contribution in [3.8, 4) is 0 Å². The average molecular weight is 241 g/mol. The number of aliphatic hydroxyl groups is 1. The summed E-state index contributed by atoms with van der Waals surface area (Å²) >= 11 is 0. The van der Waals surface area contributed by atoms with Gasteiger partial charge in [0, 0.05) is 6.04 Å². The molecular weight excluding hydrogens is 222 g/mol. The summed E-state index contributed by atoms with van der Waals surface area (Å²) in [6.07, 6.45) is 0.624. The molecule has 0 saturated carbocycles. The van der Waals surface area contributed by atoms with E-state index in [4.69, 9.17) is 4.74 Å². The molecule has 2 rings (SSSR count). The number of rotatable bonds is 3. The van der Waals surface area contributed by atoms with E-state index in [2.05, 4.69) is 0 Å². The quantitative estimate of drug-likeness (QED) is 0.570. The van der Waals surface area contributed by atoms with E-state index in [1.807, 2.05) is 0 Å². The largest absolute Gasteiger partial charge is 0.461 e. The van der Waals surface area contributed by atoms with Crippen LogP contribution in [0.15, 0.2) is 0 Å². The van der Waals surface area contributed by atoms with Gasteiger partial charge >= 0.3 is 5.97 Å². The van der Waals surface area contributed by atoms with E-state index in [1.165, 1.54) is 0 Å². The Bertz CT molecular complexity index is 331. The zero-order valence-corrected chi connectivity index (χ0v) is 10.4. The number of nitrogens with zero attached hydrogens (tertiary/aromatic N) is 1. The van der Waals surface area contributed by atoms with E-state index in [0.717, 1.165) is 6.42 Å². The Morgan fingerprint density at radius 3 is 2.59 bits per heavy atom. The van der Waals surface area contributed by atoms with Crippen LogP contribution in [0, 0.1) is 5.92 Å². The van der Waals surface area contributed by atoms with Crippen molar-refractivity contribution in [1.82, 2.24) is 4.90 Å². The van der Waals surface area contributed by atoms with Gasteiger partial charge in [-0.15, -0.1) is 0 Å². The Balaban J connectivity index is 2.02. The Kier molecular flexibility index (Phi) is 3.12. The van der Waals surface area contributed by atoms with Crippen molar-refractivity contribution in [2.24, 2.45) is 5.92 Å². The van der Waals surface area contributed by atoms with Gasteiger partial charge in [0.25, 0.3) is 0 Å². The first-order chi connectivity index (χ1) is 7.93. The minimum atomic E-state index is -0.636. The number of β-lactam (4-membered cyclic amide) rings is 1. The Labute approximate surface area is 101 Å². The normalized spacial score (nSPS) is 33.4. The molecule has 0 aromatic heterocycles. The summed E-state index contributed by atoms with van der Waals surface area (Å²) in [6, 6.07) is -0.419. The second kappa shape index (κ2) is 4.29. The maximum Gasteiger partial charge on any atom is 0.329 e. The molecule has 2 saturated heterocycles. The topological polar surface area (TPSA) is 66.8 Å². The third kappa shape index (κ3) is 1.92. The summed E-state index contributed by atoms with van der Waals surface area (Å²) in [7, 11) is 0. The highest BCUT2D eigenvalue weighted by Crippen LogP contribution is 2.41. The lowest BCUT2D eigenvalue weighted by Crippen LogP contribution is -2.64. The number of aliphatic hydroxyl groups excluding tert-OH is 1. The van der Waals surface area contributed by atoms with Gasteiger partial charge < -0.3 is 14.7 Å². The Hall–Kier alpha value is -1.10. The number of ether oxygens (including phenoxy) is 1. The van der Waals surface area contributed by atoms with Crippen LogP contribution in [0.2, 0.25) is 0 Å². The lowest BCUT2D eigenvalue weighted by Gasteiger charge is -2.46. The standard InChI is InChI=1S/C12H19NO4/c1-6(2)17-12(16)9-5-4-8-10(7(3)14)11(15)13(8)9/h6-10,14H,4-5H2,1-3H3/t7-,8-,9+,10-/m1/s1.